The number of methoxy groups -OCH3 is 1. The number of ether oxygens (including phenoxy) is 1. The molecule has 0 radical (unpaired) electrons. The fourth-order valence-corrected chi connectivity index (χ4v) is 3.25. The summed E-state index contributed by atoms with van der Waals surface area (Å²) in [5, 5.41) is 0. The van der Waals surface area contributed by atoms with E-state index >= 15 is 0 Å². The van der Waals surface area contributed by atoms with Crippen LogP contribution in [0.4, 0.5) is 0 Å². The molecule has 0 aliphatic heterocycles. The summed E-state index contributed by atoms with van der Waals surface area (Å²) in [7, 11) is 1.70. The normalized spacial score (nSPS) is 14.3. The van der Waals surface area contributed by atoms with Crippen molar-refractivity contribution >= 4 is 22.9 Å². The molecule has 2 rings (SSSR count). The zero-order valence-corrected chi connectivity index (χ0v) is 12.2. The molecule has 0 aliphatic carbocycles. The zero-order valence-electron chi connectivity index (χ0n) is 10.7. The number of hydrazine groups is 1. The molecule has 0 saturated heterocycles. The zero-order chi connectivity index (χ0) is 13.7. The molecule has 2 aromatic rings. The van der Waals surface area contributed by atoms with Gasteiger partial charge >= 0.3 is 0 Å². The lowest BCUT2D eigenvalue weighted by Gasteiger charge is -2.25. The van der Waals surface area contributed by atoms with Gasteiger partial charge in [-0.2, -0.15) is 0 Å². The van der Waals surface area contributed by atoms with E-state index < -0.39 is 0 Å². The Labute approximate surface area is 122 Å². The Morgan fingerprint density at radius 2 is 2.00 bits per heavy atom. The molecule has 1 aromatic heterocycles. The minimum atomic E-state index is -0.0907. The van der Waals surface area contributed by atoms with E-state index in [9.17, 15) is 0 Å². The number of benzene rings is 1. The minimum absolute atomic E-state index is 0.00196. The number of nitrogens with two attached hydrogens (primary N) is 1. The summed E-state index contributed by atoms with van der Waals surface area (Å²) in [6.07, 6.45) is 0.688. The van der Waals surface area contributed by atoms with E-state index in [0.29, 0.717) is 0 Å². The van der Waals surface area contributed by atoms with Gasteiger partial charge in [0.15, 0.2) is 0 Å². The third kappa shape index (κ3) is 3.78. The van der Waals surface area contributed by atoms with Crippen LogP contribution in [-0.4, -0.2) is 13.2 Å². The number of rotatable bonds is 6. The Balaban J connectivity index is 2.15. The number of thiophene rings is 1. The van der Waals surface area contributed by atoms with Crippen LogP contribution in [0.3, 0.4) is 0 Å². The molecule has 0 aliphatic rings. The van der Waals surface area contributed by atoms with Gasteiger partial charge < -0.3 is 4.74 Å². The van der Waals surface area contributed by atoms with Gasteiger partial charge in [0.05, 0.1) is 16.5 Å². The molecule has 5 heteroatoms. The lowest BCUT2D eigenvalue weighted by molar-refractivity contribution is 0.0681. The van der Waals surface area contributed by atoms with Crippen LogP contribution >= 0.6 is 22.9 Å². The van der Waals surface area contributed by atoms with Gasteiger partial charge in [0, 0.05) is 18.4 Å². The van der Waals surface area contributed by atoms with E-state index in [1.807, 2.05) is 42.5 Å². The van der Waals surface area contributed by atoms with Crippen LogP contribution in [0.2, 0.25) is 4.34 Å². The second-order valence-corrected chi connectivity index (χ2v) is 6.05. The Hall–Kier alpha value is -0.910. The smallest absolute Gasteiger partial charge is 0.0991 e. The number of halogens is 1. The highest BCUT2D eigenvalue weighted by atomic mass is 35.5. The van der Waals surface area contributed by atoms with E-state index in [1.165, 1.54) is 4.88 Å². The molecular weight excluding hydrogens is 280 g/mol. The topological polar surface area (TPSA) is 47.3 Å². The highest BCUT2D eigenvalue weighted by Crippen LogP contribution is 2.27. The summed E-state index contributed by atoms with van der Waals surface area (Å²) in [6, 6.07) is 14.0. The molecule has 0 amide bonds. The Bertz CT molecular complexity index is 503. The van der Waals surface area contributed by atoms with Crippen molar-refractivity contribution in [3.05, 3.63) is 57.2 Å². The molecular formula is C14H17ClN2OS. The first-order valence-electron chi connectivity index (χ1n) is 6.02. The van der Waals surface area contributed by atoms with Crippen LogP contribution in [0, 0.1) is 0 Å². The highest BCUT2D eigenvalue weighted by molar-refractivity contribution is 7.16. The predicted octanol–water partition coefficient (Wildman–Crippen LogP) is 3.16. The van der Waals surface area contributed by atoms with Crippen molar-refractivity contribution in [1.82, 2.24) is 5.43 Å². The summed E-state index contributed by atoms with van der Waals surface area (Å²) in [5.41, 5.74) is 3.95. The highest BCUT2D eigenvalue weighted by Gasteiger charge is 2.22. The fraction of sp³-hybridized carbons (Fsp3) is 0.286. The van der Waals surface area contributed by atoms with Crippen LogP contribution < -0.4 is 11.3 Å². The van der Waals surface area contributed by atoms with Gasteiger partial charge in [0.25, 0.3) is 0 Å². The first-order chi connectivity index (χ1) is 9.24. The number of nitrogens with one attached hydrogen (secondary N) is 1. The van der Waals surface area contributed by atoms with Crippen molar-refractivity contribution in [2.45, 2.75) is 18.6 Å². The molecule has 1 aromatic carbocycles. The van der Waals surface area contributed by atoms with Crippen LogP contribution in [0.25, 0.3) is 0 Å². The van der Waals surface area contributed by atoms with Gasteiger partial charge in [0.2, 0.25) is 0 Å². The average molecular weight is 297 g/mol. The third-order valence-corrected chi connectivity index (χ3v) is 4.26. The summed E-state index contributed by atoms with van der Waals surface area (Å²) in [6.45, 7) is 0. The van der Waals surface area contributed by atoms with E-state index in [0.717, 1.165) is 16.3 Å². The quantitative estimate of drug-likeness (QED) is 0.636. The molecule has 1 heterocycles. The molecule has 0 fully saturated rings. The largest absolute Gasteiger partial charge is 0.375 e. The lowest BCUT2D eigenvalue weighted by Crippen LogP contribution is -2.42. The average Bonchev–Trinajstić information content (AvgIpc) is 2.85. The van der Waals surface area contributed by atoms with Gasteiger partial charge in [-0.25, -0.2) is 0 Å². The van der Waals surface area contributed by atoms with Gasteiger partial charge in [-0.05, 0) is 17.7 Å². The summed E-state index contributed by atoms with van der Waals surface area (Å²) in [4.78, 5) is 1.19. The maximum Gasteiger partial charge on any atom is 0.0991 e. The molecule has 2 atom stereocenters. The first-order valence-corrected chi connectivity index (χ1v) is 7.22. The predicted molar refractivity (Wildman–Crippen MR) is 80.3 cm³/mol. The summed E-state index contributed by atoms with van der Waals surface area (Å²) < 4.78 is 6.39. The minimum Gasteiger partial charge on any atom is -0.375 e. The van der Waals surface area contributed by atoms with Gasteiger partial charge in [-0.1, -0.05) is 41.9 Å². The second kappa shape index (κ2) is 7.03. The molecule has 3 nitrogen and oxygen atoms in total. The molecule has 0 bridgehead atoms. The maximum absolute atomic E-state index is 5.95. The van der Waals surface area contributed by atoms with E-state index in [4.69, 9.17) is 22.2 Å². The van der Waals surface area contributed by atoms with Crippen LogP contribution in [0.5, 0.6) is 0 Å². The maximum atomic E-state index is 5.95. The Kier molecular flexibility index (Phi) is 5.36. The van der Waals surface area contributed by atoms with E-state index in [2.05, 4.69) is 5.43 Å². The fourth-order valence-electron chi connectivity index (χ4n) is 2.11. The van der Waals surface area contributed by atoms with E-state index in [1.54, 1.807) is 18.4 Å². The summed E-state index contributed by atoms with van der Waals surface area (Å²) >= 11 is 7.52. The third-order valence-electron chi connectivity index (χ3n) is 3.01. The first kappa shape index (κ1) is 14.5. The van der Waals surface area contributed by atoms with Crippen molar-refractivity contribution in [3.8, 4) is 0 Å². The standard InChI is InChI=1S/C14H17ClN2OS/c1-18-14(10-5-3-2-4-6-10)12(17-16)9-11-7-8-13(15)19-11/h2-8,12,14,17H,9,16H2,1H3. The van der Waals surface area contributed by atoms with Gasteiger partial charge in [-0.3, -0.25) is 11.3 Å². The number of hydrogen-bond donors (Lipinski definition) is 2. The Morgan fingerprint density at radius 3 is 2.53 bits per heavy atom. The Morgan fingerprint density at radius 1 is 1.26 bits per heavy atom. The molecule has 3 N–H and O–H groups in total. The van der Waals surface area contributed by atoms with Crippen LogP contribution in [0.15, 0.2) is 42.5 Å². The van der Waals surface area contributed by atoms with Gasteiger partial charge in [0.1, 0.15) is 0 Å². The van der Waals surface area contributed by atoms with Crippen molar-refractivity contribution in [2.24, 2.45) is 5.84 Å². The van der Waals surface area contributed by atoms with E-state index in [-0.39, 0.29) is 12.1 Å². The lowest BCUT2D eigenvalue weighted by atomic mass is 9.99. The molecule has 102 valence electrons. The van der Waals surface area contributed by atoms with Gasteiger partial charge in [-0.15, -0.1) is 11.3 Å². The van der Waals surface area contributed by atoms with Crippen molar-refractivity contribution in [1.29, 1.82) is 0 Å². The molecule has 19 heavy (non-hydrogen) atoms. The van der Waals surface area contributed by atoms with Crippen molar-refractivity contribution in [3.63, 3.8) is 0 Å². The molecule has 0 spiro atoms. The van der Waals surface area contributed by atoms with Crippen molar-refractivity contribution < 1.29 is 4.74 Å². The summed E-state index contributed by atoms with van der Waals surface area (Å²) in [5.74, 6) is 5.68. The molecule has 0 saturated carbocycles. The second-order valence-electron chi connectivity index (χ2n) is 4.25. The monoisotopic (exact) mass is 296 g/mol. The number of hydrogen-bond acceptors (Lipinski definition) is 4. The van der Waals surface area contributed by atoms with Crippen LogP contribution in [-0.2, 0) is 11.2 Å². The van der Waals surface area contributed by atoms with Crippen molar-refractivity contribution in [2.75, 3.05) is 7.11 Å². The van der Waals surface area contributed by atoms with Crippen LogP contribution in [0.1, 0.15) is 16.5 Å². The molecule has 2 unspecified atom stereocenters. The SMILES string of the molecule is COC(c1ccccc1)C(Cc1ccc(Cl)s1)NN.